The Hall–Kier alpha value is -2.47. The molecule has 0 unspecified atom stereocenters. The molecule has 1 aliphatic heterocycles. The normalized spacial score (nSPS) is 14.4. The maximum Gasteiger partial charge on any atom is 0.256 e. The molecule has 1 aromatic heterocycles. The molecule has 136 valence electrons. The second-order valence-electron chi connectivity index (χ2n) is 6.42. The summed E-state index contributed by atoms with van der Waals surface area (Å²) < 4.78 is 0. The molecule has 0 saturated heterocycles. The highest BCUT2D eigenvalue weighted by Crippen LogP contribution is 2.34. The van der Waals surface area contributed by atoms with Crippen LogP contribution in [0.2, 0.25) is 0 Å². The molecular weight excluding hydrogens is 346 g/mol. The number of carbonyl (C=O) groups is 2. The van der Waals surface area contributed by atoms with Crippen molar-refractivity contribution < 1.29 is 9.59 Å². The average molecular weight is 369 g/mol. The van der Waals surface area contributed by atoms with Gasteiger partial charge in [-0.1, -0.05) is 0 Å². The molecule has 0 radical (unpaired) electrons. The van der Waals surface area contributed by atoms with Crippen molar-refractivity contribution in [2.24, 2.45) is 0 Å². The molecule has 2 heterocycles. The number of carbonyl (C=O) groups excluding carboxylic acids is 2. The Bertz CT molecular complexity index is 883. The van der Waals surface area contributed by atoms with Crippen LogP contribution in [0, 0.1) is 13.8 Å². The quantitative estimate of drug-likeness (QED) is 0.538. The molecule has 0 bridgehead atoms. The number of thioether (sulfide) groups is 1. The fraction of sp³-hybridized carbons (Fsp3) is 0.300. The summed E-state index contributed by atoms with van der Waals surface area (Å²) in [6.07, 6.45) is 4.84. The van der Waals surface area contributed by atoms with E-state index in [0.29, 0.717) is 17.7 Å². The zero-order chi connectivity index (χ0) is 18.7. The van der Waals surface area contributed by atoms with Crippen LogP contribution in [0.25, 0.3) is 11.6 Å². The van der Waals surface area contributed by atoms with Crippen LogP contribution in [-0.2, 0) is 4.79 Å². The van der Waals surface area contributed by atoms with Gasteiger partial charge in [0.05, 0.1) is 5.57 Å². The lowest BCUT2D eigenvalue weighted by Gasteiger charge is -2.06. The Morgan fingerprint density at radius 3 is 2.77 bits per heavy atom. The van der Waals surface area contributed by atoms with E-state index < -0.39 is 0 Å². The van der Waals surface area contributed by atoms with Gasteiger partial charge in [-0.25, -0.2) is 0 Å². The summed E-state index contributed by atoms with van der Waals surface area (Å²) in [5.74, 6) is 0.758. The minimum Gasteiger partial charge on any atom is -0.359 e. The van der Waals surface area contributed by atoms with Crippen LogP contribution in [0.5, 0.6) is 0 Å². The number of hydrogen-bond donors (Lipinski definition) is 3. The van der Waals surface area contributed by atoms with Gasteiger partial charge >= 0.3 is 0 Å². The van der Waals surface area contributed by atoms with E-state index in [-0.39, 0.29) is 11.8 Å². The maximum atomic E-state index is 12.4. The van der Waals surface area contributed by atoms with Crippen molar-refractivity contribution in [3.63, 3.8) is 0 Å². The minimum absolute atomic E-state index is 0.112. The second-order valence-corrected chi connectivity index (χ2v) is 7.41. The van der Waals surface area contributed by atoms with Gasteiger partial charge in [-0.3, -0.25) is 9.59 Å². The molecule has 0 atom stereocenters. The third kappa shape index (κ3) is 3.85. The number of benzene rings is 1. The van der Waals surface area contributed by atoms with E-state index in [1.807, 2.05) is 32.2 Å². The first kappa shape index (κ1) is 18.3. The van der Waals surface area contributed by atoms with Crippen LogP contribution < -0.4 is 10.6 Å². The molecule has 5 nitrogen and oxygen atoms in total. The predicted molar refractivity (Wildman–Crippen MR) is 109 cm³/mol. The molecule has 3 rings (SSSR count). The largest absolute Gasteiger partial charge is 0.359 e. The molecule has 0 fully saturated rings. The van der Waals surface area contributed by atoms with Crippen LogP contribution in [0.4, 0.5) is 5.69 Å². The van der Waals surface area contributed by atoms with Gasteiger partial charge < -0.3 is 15.6 Å². The van der Waals surface area contributed by atoms with Gasteiger partial charge in [0, 0.05) is 34.7 Å². The van der Waals surface area contributed by atoms with Crippen molar-refractivity contribution in [1.29, 1.82) is 0 Å². The van der Waals surface area contributed by atoms with Crippen molar-refractivity contribution >= 4 is 40.9 Å². The second kappa shape index (κ2) is 7.83. The van der Waals surface area contributed by atoms with E-state index in [4.69, 9.17) is 0 Å². The van der Waals surface area contributed by atoms with Gasteiger partial charge in [0.25, 0.3) is 11.8 Å². The minimum atomic E-state index is -0.149. The van der Waals surface area contributed by atoms with Gasteiger partial charge in [-0.2, -0.15) is 11.8 Å². The Morgan fingerprint density at radius 2 is 2.08 bits per heavy atom. The number of nitrogens with one attached hydrogen (secondary N) is 3. The summed E-state index contributed by atoms with van der Waals surface area (Å²) in [4.78, 5) is 28.0. The lowest BCUT2D eigenvalue weighted by molar-refractivity contribution is -0.110. The molecule has 1 aliphatic rings. The number of aromatic amines is 1. The smallest absolute Gasteiger partial charge is 0.256 e. The molecule has 2 aromatic rings. The first-order valence-electron chi connectivity index (χ1n) is 8.60. The third-order valence-electron chi connectivity index (χ3n) is 4.35. The Morgan fingerprint density at radius 1 is 1.27 bits per heavy atom. The van der Waals surface area contributed by atoms with Crippen molar-refractivity contribution in [1.82, 2.24) is 10.3 Å². The summed E-state index contributed by atoms with van der Waals surface area (Å²) in [7, 11) is 0. The molecule has 2 amide bonds. The standard InChI is InChI=1S/C20H23N3O2S/c1-12-9-13(2)22-18(12)11-16-15-10-14(5-6-17(15)23-20(16)25)19(24)21-7-4-8-26-3/h5-6,9-11,22H,4,7-8H2,1-3H3,(H,21,24)(H,23,25)/b16-11+. The summed E-state index contributed by atoms with van der Waals surface area (Å²) in [5, 5.41) is 5.79. The fourth-order valence-corrected chi connectivity index (χ4v) is 3.47. The monoisotopic (exact) mass is 369 g/mol. The molecule has 0 aliphatic carbocycles. The average Bonchev–Trinajstić information content (AvgIpc) is 3.10. The number of H-pyrrole nitrogens is 1. The predicted octanol–water partition coefficient (Wildman–Crippen LogP) is 3.61. The van der Waals surface area contributed by atoms with Crippen LogP contribution in [0.1, 0.15) is 39.3 Å². The third-order valence-corrected chi connectivity index (χ3v) is 5.05. The lowest BCUT2D eigenvalue weighted by atomic mass is 10.0. The number of amides is 2. The van der Waals surface area contributed by atoms with Crippen LogP contribution >= 0.6 is 11.8 Å². The lowest BCUT2D eigenvalue weighted by Crippen LogP contribution is -2.24. The zero-order valence-electron chi connectivity index (χ0n) is 15.2. The molecule has 0 saturated carbocycles. The highest BCUT2D eigenvalue weighted by atomic mass is 32.2. The van der Waals surface area contributed by atoms with Crippen molar-refractivity contribution in [3.05, 3.63) is 52.3 Å². The Kier molecular flexibility index (Phi) is 5.52. The topological polar surface area (TPSA) is 74.0 Å². The molecule has 26 heavy (non-hydrogen) atoms. The van der Waals surface area contributed by atoms with E-state index in [0.717, 1.165) is 40.4 Å². The Balaban J connectivity index is 1.86. The van der Waals surface area contributed by atoms with E-state index in [9.17, 15) is 9.59 Å². The van der Waals surface area contributed by atoms with Crippen LogP contribution in [0.3, 0.4) is 0 Å². The van der Waals surface area contributed by atoms with E-state index in [1.165, 1.54) is 0 Å². The molecule has 0 spiro atoms. The zero-order valence-corrected chi connectivity index (χ0v) is 16.0. The van der Waals surface area contributed by atoms with Crippen molar-refractivity contribution in [2.45, 2.75) is 20.3 Å². The number of aryl methyl sites for hydroxylation is 2. The number of rotatable bonds is 6. The first-order valence-corrected chi connectivity index (χ1v) is 10.00. The van der Waals surface area contributed by atoms with Crippen molar-refractivity contribution in [2.75, 3.05) is 23.9 Å². The maximum absolute atomic E-state index is 12.4. The van der Waals surface area contributed by atoms with Gasteiger partial charge in [0.15, 0.2) is 0 Å². The van der Waals surface area contributed by atoms with Gasteiger partial charge in [0.1, 0.15) is 0 Å². The SMILES string of the molecule is CSCCCNC(=O)c1ccc2c(c1)/C(=C\c1[nH]c(C)cc1C)C(=O)N2. The summed E-state index contributed by atoms with van der Waals surface area (Å²) in [6.45, 7) is 4.64. The first-order chi connectivity index (χ1) is 12.5. The highest BCUT2D eigenvalue weighted by molar-refractivity contribution is 7.98. The highest BCUT2D eigenvalue weighted by Gasteiger charge is 2.25. The summed E-state index contributed by atoms with van der Waals surface area (Å²) >= 11 is 1.76. The van der Waals surface area contributed by atoms with Crippen LogP contribution in [0.15, 0.2) is 24.3 Å². The molecule has 6 heteroatoms. The summed E-state index contributed by atoms with van der Waals surface area (Å²) in [6, 6.07) is 7.36. The molecular formula is C20H23N3O2S. The molecule has 3 N–H and O–H groups in total. The number of aromatic nitrogens is 1. The fourth-order valence-electron chi connectivity index (χ4n) is 3.04. The summed E-state index contributed by atoms with van der Waals surface area (Å²) in [5.41, 5.74) is 5.67. The van der Waals surface area contributed by atoms with Crippen LogP contribution in [-0.4, -0.2) is 35.4 Å². The number of hydrogen-bond acceptors (Lipinski definition) is 3. The number of anilines is 1. The van der Waals surface area contributed by atoms with Gasteiger partial charge in [-0.05, 0) is 68.2 Å². The Labute approximate surface area is 157 Å². The van der Waals surface area contributed by atoms with E-state index >= 15 is 0 Å². The molecule has 1 aromatic carbocycles. The van der Waals surface area contributed by atoms with Crippen molar-refractivity contribution in [3.8, 4) is 0 Å². The van der Waals surface area contributed by atoms with E-state index in [1.54, 1.807) is 30.0 Å². The van der Waals surface area contributed by atoms with Gasteiger partial charge in [-0.15, -0.1) is 0 Å². The number of fused-ring (bicyclic) bond motifs is 1. The van der Waals surface area contributed by atoms with Gasteiger partial charge in [0.2, 0.25) is 0 Å². The van der Waals surface area contributed by atoms with E-state index in [2.05, 4.69) is 15.6 Å².